The largest absolute Gasteiger partial charge is 0.366 e. The molecule has 0 saturated carbocycles. The standard InChI is InChI=1S/C15H17ClN2OS/c1-2-18(10-13-7-8-14(16)20-13)9-11-3-5-12(6-4-11)15(17)19/h3-8H,2,9-10H2,1H3,(H2,17,19). The van der Waals surface area contributed by atoms with E-state index >= 15 is 0 Å². The first-order valence-electron chi connectivity index (χ1n) is 6.43. The number of nitrogens with zero attached hydrogens (tertiary/aromatic N) is 1. The summed E-state index contributed by atoms with van der Waals surface area (Å²) in [6.45, 7) is 4.80. The van der Waals surface area contributed by atoms with Crippen molar-refractivity contribution in [3.05, 3.63) is 56.7 Å². The van der Waals surface area contributed by atoms with E-state index in [1.165, 1.54) is 10.4 Å². The van der Waals surface area contributed by atoms with Crippen molar-refractivity contribution in [2.24, 2.45) is 5.73 Å². The molecule has 0 atom stereocenters. The van der Waals surface area contributed by atoms with Crippen LogP contribution in [0.2, 0.25) is 4.34 Å². The fourth-order valence-electron chi connectivity index (χ4n) is 1.97. The van der Waals surface area contributed by atoms with Gasteiger partial charge < -0.3 is 5.73 Å². The Labute approximate surface area is 128 Å². The highest BCUT2D eigenvalue weighted by atomic mass is 35.5. The summed E-state index contributed by atoms with van der Waals surface area (Å²) < 4.78 is 0.821. The van der Waals surface area contributed by atoms with Gasteiger partial charge in [0.25, 0.3) is 0 Å². The van der Waals surface area contributed by atoms with Crippen molar-refractivity contribution < 1.29 is 4.79 Å². The van der Waals surface area contributed by atoms with E-state index in [9.17, 15) is 4.79 Å². The van der Waals surface area contributed by atoms with Gasteiger partial charge in [0.1, 0.15) is 0 Å². The third-order valence-corrected chi connectivity index (χ3v) is 4.32. The topological polar surface area (TPSA) is 46.3 Å². The van der Waals surface area contributed by atoms with Crippen LogP contribution in [0.1, 0.15) is 27.7 Å². The first-order valence-corrected chi connectivity index (χ1v) is 7.63. The second-order valence-electron chi connectivity index (χ2n) is 4.57. The predicted molar refractivity (Wildman–Crippen MR) is 84.1 cm³/mol. The molecule has 106 valence electrons. The van der Waals surface area contributed by atoms with Crippen molar-refractivity contribution in [1.82, 2.24) is 4.90 Å². The zero-order valence-corrected chi connectivity index (χ0v) is 12.9. The number of hydrogen-bond donors (Lipinski definition) is 1. The number of primary amides is 1. The number of carbonyl (C=O) groups excluding carboxylic acids is 1. The average Bonchev–Trinajstić information content (AvgIpc) is 2.84. The molecular weight excluding hydrogens is 292 g/mol. The van der Waals surface area contributed by atoms with Gasteiger partial charge in [-0.3, -0.25) is 9.69 Å². The number of hydrogen-bond acceptors (Lipinski definition) is 3. The van der Waals surface area contributed by atoms with Crippen LogP contribution in [-0.4, -0.2) is 17.4 Å². The van der Waals surface area contributed by atoms with Crippen LogP contribution in [0.25, 0.3) is 0 Å². The van der Waals surface area contributed by atoms with Gasteiger partial charge in [0, 0.05) is 23.5 Å². The molecule has 20 heavy (non-hydrogen) atoms. The van der Waals surface area contributed by atoms with Crippen LogP contribution in [0.3, 0.4) is 0 Å². The van der Waals surface area contributed by atoms with E-state index in [1.807, 2.05) is 18.2 Å². The van der Waals surface area contributed by atoms with Crippen molar-refractivity contribution in [1.29, 1.82) is 0 Å². The lowest BCUT2D eigenvalue weighted by molar-refractivity contribution is 0.100. The van der Waals surface area contributed by atoms with E-state index in [0.29, 0.717) is 5.56 Å². The molecule has 1 aromatic carbocycles. The van der Waals surface area contributed by atoms with Crippen LogP contribution in [0.15, 0.2) is 36.4 Å². The van der Waals surface area contributed by atoms with Gasteiger partial charge in [-0.15, -0.1) is 11.3 Å². The minimum Gasteiger partial charge on any atom is -0.366 e. The normalized spacial score (nSPS) is 10.9. The SMILES string of the molecule is CCN(Cc1ccc(C(N)=O)cc1)Cc1ccc(Cl)s1. The molecule has 0 fully saturated rings. The summed E-state index contributed by atoms with van der Waals surface area (Å²) >= 11 is 7.56. The van der Waals surface area contributed by atoms with Gasteiger partial charge in [-0.25, -0.2) is 0 Å². The summed E-state index contributed by atoms with van der Waals surface area (Å²) in [6.07, 6.45) is 0. The van der Waals surface area contributed by atoms with E-state index in [1.54, 1.807) is 23.5 Å². The van der Waals surface area contributed by atoms with Gasteiger partial charge in [0.15, 0.2) is 0 Å². The number of benzene rings is 1. The fraction of sp³-hybridized carbons (Fsp3) is 0.267. The highest BCUT2D eigenvalue weighted by Crippen LogP contribution is 2.23. The molecule has 0 saturated heterocycles. The van der Waals surface area contributed by atoms with Gasteiger partial charge in [0.2, 0.25) is 5.91 Å². The van der Waals surface area contributed by atoms with Crippen LogP contribution in [-0.2, 0) is 13.1 Å². The monoisotopic (exact) mass is 308 g/mol. The van der Waals surface area contributed by atoms with Gasteiger partial charge in [0.05, 0.1) is 4.34 Å². The summed E-state index contributed by atoms with van der Waals surface area (Å²) in [5, 5.41) is 0. The van der Waals surface area contributed by atoms with Crippen molar-refractivity contribution in [2.45, 2.75) is 20.0 Å². The summed E-state index contributed by atoms with van der Waals surface area (Å²) in [5.74, 6) is -0.392. The molecule has 5 heteroatoms. The molecule has 2 N–H and O–H groups in total. The molecule has 1 amide bonds. The van der Waals surface area contributed by atoms with Crippen LogP contribution >= 0.6 is 22.9 Å². The third-order valence-electron chi connectivity index (χ3n) is 3.10. The zero-order chi connectivity index (χ0) is 14.5. The van der Waals surface area contributed by atoms with Crippen LogP contribution in [0, 0.1) is 0 Å². The Morgan fingerprint density at radius 1 is 1.20 bits per heavy atom. The Morgan fingerprint density at radius 3 is 2.40 bits per heavy atom. The molecule has 3 nitrogen and oxygen atoms in total. The second kappa shape index (κ2) is 6.88. The lowest BCUT2D eigenvalue weighted by Gasteiger charge is -2.19. The van der Waals surface area contributed by atoms with Crippen LogP contribution in [0.5, 0.6) is 0 Å². The highest BCUT2D eigenvalue weighted by molar-refractivity contribution is 7.16. The maximum atomic E-state index is 11.0. The summed E-state index contributed by atoms with van der Waals surface area (Å²) in [4.78, 5) is 14.6. The number of nitrogens with two attached hydrogens (primary N) is 1. The Hall–Kier alpha value is -1.36. The molecule has 1 aromatic heterocycles. The van der Waals surface area contributed by atoms with Crippen LogP contribution in [0.4, 0.5) is 0 Å². The van der Waals surface area contributed by atoms with Crippen LogP contribution < -0.4 is 5.73 Å². The summed E-state index contributed by atoms with van der Waals surface area (Å²) in [6, 6.07) is 11.4. The molecule has 0 aliphatic rings. The summed E-state index contributed by atoms with van der Waals surface area (Å²) in [7, 11) is 0. The molecular formula is C15H17ClN2OS. The third kappa shape index (κ3) is 4.07. The molecule has 0 unspecified atom stereocenters. The molecule has 2 aromatic rings. The Morgan fingerprint density at radius 2 is 1.90 bits per heavy atom. The maximum Gasteiger partial charge on any atom is 0.248 e. The molecule has 0 bridgehead atoms. The fourth-order valence-corrected chi connectivity index (χ4v) is 3.10. The Kier molecular flexibility index (Phi) is 5.17. The predicted octanol–water partition coefficient (Wildman–Crippen LogP) is 3.52. The minimum absolute atomic E-state index is 0.392. The van der Waals surface area contributed by atoms with Gasteiger partial charge >= 0.3 is 0 Å². The Balaban J connectivity index is 2.00. The molecule has 1 heterocycles. The number of amides is 1. The average molecular weight is 309 g/mol. The molecule has 0 spiro atoms. The van der Waals surface area contributed by atoms with Crippen molar-refractivity contribution in [3.8, 4) is 0 Å². The molecule has 0 aliphatic carbocycles. The first-order chi connectivity index (χ1) is 9.58. The zero-order valence-electron chi connectivity index (χ0n) is 11.3. The molecule has 0 radical (unpaired) electrons. The van der Waals surface area contributed by atoms with E-state index in [-0.39, 0.29) is 0 Å². The molecule has 0 aliphatic heterocycles. The second-order valence-corrected chi connectivity index (χ2v) is 6.37. The number of thiophene rings is 1. The lowest BCUT2D eigenvalue weighted by Crippen LogP contribution is -2.21. The first kappa shape index (κ1) is 15.0. The van der Waals surface area contributed by atoms with Gasteiger partial charge in [-0.2, -0.15) is 0 Å². The number of carbonyl (C=O) groups is 1. The quantitative estimate of drug-likeness (QED) is 0.887. The van der Waals surface area contributed by atoms with Gasteiger partial charge in [-0.05, 0) is 36.4 Å². The lowest BCUT2D eigenvalue weighted by atomic mass is 10.1. The van der Waals surface area contributed by atoms with E-state index in [0.717, 1.165) is 24.0 Å². The van der Waals surface area contributed by atoms with Crippen molar-refractivity contribution in [2.75, 3.05) is 6.54 Å². The summed E-state index contributed by atoms with van der Waals surface area (Å²) in [5.41, 5.74) is 6.94. The van der Waals surface area contributed by atoms with E-state index in [4.69, 9.17) is 17.3 Å². The smallest absolute Gasteiger partial charge is 0.248 e. The number of halogens is 1. The number of rotatable bonds is 6. The van der Waals surface area contributed by atoms with Gasteiger partial charge in [-0.1, -0.05) is 30.7 Å². The highest BCUT2D eigenvalue weighted by Gasteiger charge is 2.07. The molecule has 2 rings (SSSR count). The van der Waals surface area contributed by atoms with E-state index in [2.05, 4.69) is 17.9 Å². The van der Waals surface area contributed by atoms with E-state index < -0.39 is 5.91 Å². The van der Waals surface area contributed by atoms with Crippen molar-refractivity contribution in [3.63, 3.8) is 0 Å². The minimum atomic E-state index is -0.392. The Bertz CT molecular complexity index is 580. The van der Waals surface area contributed by atoms with Crippen molar-refractivity contribution >= 4 is 28.8 Å². The maximum absolute atomic E-state index is 11.0.